The van der Waals surface area contributed by atoms with Gasteiger partial charge in [-0.15, -0.1) is 0 Å². The summed E-state index contributed by atoms with van der Waals surface area (Å²) in [6.07, 6.45) is 20.7. The molecule has 178 valence electrons. The maximum absolute atomic E-state index is 10.3. The second-order valence-electron chi connectivity index (χ2n) is 7.23. The number of aliphatic hydroxyl groups is 1. The first-order valence-electron chi connectivity index (χ1n) is 10.8. The number of amides is 1. The van der Waals surface area contributed by atoms with E-state index in [2.05, 4.69) is 24.3 Å². The highest BCUT2D eigenvalue weighted by molar-refractivity contribution is 5.76. The van der Waals surface area contributed by atoms with Gasteiger partial charge in [0.05, 0.1) is 6.10 Å². The molecule has 1 unspecified atom stereocenters. The highest BCUT2D eigenvalue weighted by Gasteiger charge is 2.11. The molecule has 31 heavy (non-hydrogen) atoms. The number of hydrogen-bond acceptors (Lipinski definition) is 5. The molecule has 0 aliphatic rings. The van der Waals surface area contributed by atoms with Crippen LogP contribution in [0.15, 0.2) is 36.5 Å². The lowest BCUT2D eigenvalue weighted by Gasteiger charge is -2.01. The van der Waals surface area contributed by atoms with E-state index in [0.29, 0.717) is 6.42 Å². The van der Waals surface area contributed by atoms with Crippen molar-refractivity contribution >= 4 is 17.8 Å². The molecule has 0 aromatic rings. The van der Waals surface area contributed by atoms with E-state index in [0.717, 1.165) is 38.5 Å². The molecule has 7 N–H and O–H groups in total. The number of carbonyl (C=O) groups excluding carboxylic acids is 1. The van der Waals surface area contributed by atoms with Gasteiger partial charge in [-0.3, -0.25) is 14.4 Å². The van der Waals surface area contributed by atoms with E-state index in [1.54, 1.807) is 13.0 Å². The third-order valence-electron chi connectivity index (χ3n) is 4.07. The lowest BCUT2D eigenvalue weighted by molar-refractivity contribution is -0.139. The predicted molar refractivity (Wildman–Crippen MR) is 122 cm³/mol. The summed E-state index contributed by atoms with van der Waals surface area (Å²) >= 11 is 0. The van der Waals surface area contributed by atoms with Crippen LogP contribution in [0.4, 0.5) is 0 Å². The Morgan fingerprint density at radius 3 is 1.94 bits per heavy atom. The van der Waals surface area contributed by atoms with Gasteiger partial charge in [0.25, 0.3) is 0 Å². The van der Waals surface area contributed by atoms with Crippen LogP contribution in [0.3, 0.4) is 0 Å². The average Bonchev–Trinajstić information content (AvgIpc) is 2.68. The van der Waals surface area contributed by atoms with Crippen molar-refractivity contribution in [1.82, 2.24) is 0 Å². The Labute approximate surface area is 185 Å². The molecule has 0 bridgehead atoms. The minimum Gasteiger partial charge on any atom is -0.481 e. The number of carbonyl (C=O) groups is 3. The van der Waals surface area contributed by atoms with Crippen LogP contribution in [0.5, 0.6) is 0 Å². The van der Waals surface area contributed by atoms with Gasteiger partial charge < -0.3 is 26.8 Å². The Bertz CT molecular complexity index is 570. The highest BCUT2D eigenvalue weighted by Crippen LogP contribution is 2.07. The normalized spacial score (nSPS) is 13.3. The standard InChI is InChI=1S/C18H30O3.C5H10N2O3/c1-17(19)15-13-11-9-7-5-3-2-4-6-8-10-12-14-16-18(20)21;6-3(5(9)10)1-2-4(7)8/h2-3,7,9,13,15,17,19H,4-6,8,10-12,14,16H2,1H3,(H,20,21);3H,1-2,6H2,(H2,7,8)(H,9,10)/b3-2-,9-7-,15-13-;/t;3-/m.0/s1. The van der Waals surface area contributed by atoms with Crippen LogP contribution in [0.25, 0.3) is 0 Å². The number of hydrogen-bond donors (Lipinski definition) is 5. The lowest BCUT2D eigenvalue weighted by Crippen LogP contribution is -2.31. The molecule has 0 fully saturated rings. The Morgan fingerprint density at radius 2 is 1.39 bits per heavy atom. The fourth-order valence-corrected chi connectivity index (χ4v) is 2.33. The van der Waals surface area contributed by atoms with Gasteiger partial charge in [0, 0.05) is 12.8 Å². The first-order valence-corrected chi connectivity index (χ1v) is 10.8. The Morgan fingerprint density at radius 1 is 0.839 bits per heavy atom. The first kappa shape index (κ1) is 30.7. The van der Waals surface area contributed by atoms with Gasteiger partial charge in [0.1, 0.15) is 6.04 Å². The number of primary amides is 1. The first-order chi connectivity index (χ1) is 14.7. The summed E-state index contributed by atoms with van der Waals surface area (Å²) in [4.78, 5) is 30.5. The molecule has 0 saturated heterocycles. The van der Waals surface area contributed by atoms with Crippen LogP contribution in [-0.2, 0) is 14.4 Å². The van der Waals surface area contributed by atoms with E-state index < -0.39 is 23.9 Å². The van der Waals surface area contributed by atoms with E-state index in [1.807, 2.05) is 6.08 Å². The summed E-state index contributed by atoms with van der Waals surface area (Å²) in [5, 5.41) is 25.7. The lowest BCUT2D eigenvalue weighted by atomic mass is 10.1. The molecule has 0 radical (unpaired) electrons. The summed E-state index contributed by atoms with van der Waals surface area (Å²) in [6.45, 7) is 1.75. The summed E-state index contributed by atoms with van der Waals surface area (Å²) in [5.74, 6) is -2.33. The van der Waals surface area contributed by atoms with Crippen LogP contribution < -0.4 is 11.5 Å². The van der Waals surface area contributed by atoms with E-state index in [9.17, 15) is 14.4 Å². The van der Waals surface area contributed by atoms with E-state index in [-0.39, 0.29) is 18.9 Å². The zero-order chi connectivity index (χ0) is 23.9. The van der Waals surface area contributed by atoms with Crippen LogP contribution in [0.1, 0.15) is 77.6 Å². The number of unbranched alkanes of at least 4 members (excludes halogenated alkanes) is 5. The smallest absolute Gasteiger partial charge is 0.320 e. The maximum atomic E-state index is 10.3. The highest BCUT2D eigenvalue weighted by atomic mass is 16.4. The fraction of sp³-hybridized carbons (Fsp3) is 0.609. The van der Waals surface area contributed by atoms with Crippen molar-refractivity contribution in [1.29, 1.82) is 0 Å². The van der Waals surface area contributed by atoms with E-state index in [1.165, 1.54) is 12.8 Å². The molecule has 1 amide bonds. The van der Waals surface area contributed by atoms with Crippen molar-refractivity contribution in [3.05, 3.63) is 36.5 Å². The molecular weight excluding hydrogens is 400 g/mol. The van der Waals surface area contributed by atoms with Crippen LogP contribution in [0.2, 0.25) is 0 Å². The zero-order valence-electron chi connectivity index (χ0n) is 18.6. The number of nitrogens with two attached hydrogens (primary N) is 2. The summed E-state index contributed by atoms with van der Waals surface area (Å²) in [5.41, 5.74) is 9.81. The zero-order valence-corrected chi connectivity index (χ0v) is 18.6. The molecule has 2 atom stereocenters. The second kappa shape index (κ2) is 22.2. The third kappa shape index (κ3) is 29.8. The fourth-order valence-electron chi connectivity index (χ4n) is 2.33. The number of allylic oxidation sites excluding steroid dienone is 5. The summed E-state index contributed by atoms with van der Waals surface area (Å²) in [6, 6.07) is -0.979. The molecule has 0 heterocycles. The van der Waals surface area contributed by atoms with Gasteiger partial charge in [-0.25, -0.2) is 0 Å². The molecule has 0 aromatic heterocycles. The van der Waals surface area contributed by atoms with Gasteiger partial charge in [0.2, 0.25) is 5.91 Å². The average molecular weight is 441 g/mol. The van der Waals surface area contributed by atoms with Crippen molar-refractivity contribution in [2.24, 2.45) is 11.5 Å². The van der Waals surface area contributed by atoms with Crippen molar-refractivity contribution in [3.8, 4) is 0 Å². The van der Waals surface area contributed by atoms with Crippen molar-refractivity contribution in [2.75, 3.05) is 0 Å². The van der Waals surface area contributed by atoms with Gasteiger partial charge in [-0.05, 0) is 45.4 Å². The van der Waals surface area contributed by atoms with Crippen LogP contribution in [-0.4, -0.2) is 45.3 Å². The van der Waals surface area contributed by atoms with Crippen molar-refractivity contribution in [3.63, 3.8) is 0 Å². The quantitative estimate of drug-likeness (QED) is 0.171. The molecule has 0 aromatic carbocycles. The molecule has 0 spiro atoms. The number of rotatable bonds is 17. The SMILES string of the molecule is CC(O)/C=C\C/C=C\C/C=C\CCCCCCCC(=O)O.NC(=O)CC[C@H](N)C(=O)O. The molecule has 8 heteroatoms. The minimum atomic E-state index is -1.11. The number of aliphatic hydroxyl groups excluding tert-OH is 1. The van der Waals surface area contributed by atoms with Gasteiger partial charge in [-0.1, -0.05) is 55.7 Å². The van der Waals surface area contributed by atoms with E-state index >= 15 is 0 Å². The molecule has 0 aliphatic heterocycles. The number of carboxylic acid groups (broad SMARTS) is 2. The molecule has 0 aliphatic carbocycles. The van der Waals surface area contributed by atoms with E-state index in [4.69, 9.17) is 26.8 Å². The third-order valence-corrected chi connectivity index (χ3v) is 4.07. The molecular formula is C23H40N2O6. The topological polar surface area (TPSA) is 164 Å². The summed E-state index contributed by atoms with van der Waals surface area (Å²) in [7, 11) is 0. The van der Waals surface area contributed by atoms with Crippen LogP contribution in [0, 0.1) is 0 Å². The predicted octanol–water partition coefficient (Wildman–Crippen LogP) is 3.30. The Balaban J connectivity index is 0. The second-order valence-corrected chi connectivity index (χ2v) is 7.23. The Hall–Kier alpha value is -2.45. The van der Waals surface area contributed by atoms with Crippen LogP contribution >= 0.6 is 0 Å². The van der Waals surface area contributed by atoms with Crippen molar-refractivity contribution < 1.29 is 29.7 Å². The number of carboxylic acids is 2. The Kier molecular flexibility index (Phi) is 22.1. The monoisotopic (exact) mass is 440 g/mol. The van der Waals surface area contributed by atoms with Crippen molar-refractivity contribution in [2.45, 2.75) is 89.7 Å². The minimum absolute atomic E-state index is 0.0213. The summed E-state index contributed by atoms with van der Waals surface area (Å²) < 4.78 is 0. The number of aliphatic carboxylic acids is 2. The van der Waals surface area contributed by atoms with Gasteiger partial charge in [-0.2, -0.15) is 0 Å². The maximum Gasteiger partial charge on any atom is 0.320 e. The van der Waals surface area contributed by atoms with Gasteiger partial charge in [0.15, 0.2) is 0 Å². The molecule has 8 nitrogen and oxygen atoms in total. The largest absolute Gasteiger partial charge is 0.481 e. The van der Waals surface area contributed by atoms with Gasteiger partial charge >= 0.3 is 11.9 Å². The molecule has 0 rings (SSSR count). The molecule has 0 saturated carbocycles.